The van der Waals surface area contributed by atoms with E-state index in [2.05, 4.69) is 32.0 Å². The van der Waals surface area contributed by atoms with Crippen LogP contribution in [0.1, 0.15) is 18.1 Å². The van der Waals surface area contributed by atoms with Crippen molar-refractivity contribution in [3.8, 4) is 29.0 Å². The van der Waals surface area contributed by atoms with Gasteiger partial charge < -0.3 is 9.84 Å². The molecule has 0 spiro atoms. The van der Waals surface area contributed by atoms with Gasteiger partial charge in [-0.25, -0.2) is 5.43 Å². The first-order chi connectivity index (χ1) is 14.1. The minimum Gasteiger partial charge on any atom is -0.504 e. The van der Waals surface area contributed by atoms with Crippen LogP contribution in [0.3, 0.4) is 0 Å². The second kappa shape index (κ2) is 9.09. The van der Waals surface area contributed by atoms with E-state index in [0.29, 0.717) is 29.0 Å². The highest BCUT2D eigenvalue weighted by molar-refractivity contribution is 5.83. The molecule has 3 rings (SSSR count). The van der Waals surface area contributed by atoms with Gasteiger partial charge in [0.15, 0.2) is 11.5 Å². The van der Waals surface area contributed by atoms with Gasteiger partial charge in [-0.15, -0.1) is 10.2 Å². The Labute approximate surface area is 166 Å². The Bertz CT molecular complexity index is 1090. The number of hydrazone groups is 1. The molecule has 0 radical (unpaired) electrons. The maximum absolute atomic E-state index is 12.0. The number of ether oxygens (including phenoxy) is 1. The van der Waals surface area contributed by atoms with Gasteiger partial charge in [-0.2, -0.15) is 15.2 Å². The number of benzene rings is 2. The van der Waals surface area contributed by atoms with Crippen molar-refractivity contribution in [2.45, 2.75) is 13.5 Å². The van der Waals surface area contributed by atoms with E-state index in [4.69, 9.17) is 10.00 Å². The molecule has 10 heteroatoms. The standard InChI is InChI=1S/C19H17N7O3/c1-2-29-17-9-13(7-8-16(17)27)11-21-22-18(28)12-26-24-19(23-25-26)15-6-4-3-5-14(15)10-20/h3-9,11,27H,2,12H2,1H3,(H,22,28)/b21-11+. The van der Waals surface area contributed by atoms with E-state index in [1.54, 1.807) is 36.4 Å². The van der Waals surface area contributed by atoms with E-state index in [1.807, 2.05) is 6.92 Å². The van der Waals surface area contributed by atoms with Crippen LogP contribution in [0.25, 0.3) is 11.4 Å². The molecule has 29 heavy (non-hydrogen) atoms. The Kier molecular flexibility index (Phi) is 6.12. The Morgan fingerprint density at radius 2 is 2.21 bits per heavy atom. The lowest BCUT2D eigenvalue weighted by Crippen LogP contribution is -2.24. The molecule has 1 amide bonds. The molecule has 0 atom stereocenters. The number of aromatic hydroxyl groups is 1. The number of tetrazole rings is 1. The predicted molar refractivity (Wildman–Crippen MR) is 103 cm³/mol. The summed E-state index contributed by atoms with van der Waals surface area (Å²) in [5.41, 5.74) is 3.96. The molecule has 0 aliphatic rings. The normalized spacial score (nSPS) is 10.6. The fraction of sp³-hybridized carbons (Fsp3) is 0.158. The minimum absolute atomic E-state index is 0.0269. The molecule has 0 unspecified atom stereocenters. The SMILES string of the molecule is CCOc1cc(/C=N/NC(=O)Cn2nnc(-c3ccccc3C#N)n2)ccc1O. The molecule has 10 nitrogen and oxygen atoms in total. The summed E-state index contributed by atoms with van der Waals surface area (Å²) in [5, 5.41) is 34.5. The van der Waals surface area contributed by atoms with Gasteiger partial charge in [0, 0.05) is 5.56 Å². The number of nitriles is 1. The van der Waals surface area contributed by atoms with Crippen LogP contribution in [0.2, 0.25) is 0 Å². The van der Waals surface area contributed by atoms with Gasteiger partial charge in [0.05, 0.1) is 24.5 Å². The number of aromatic nitrogens is 4. The van der Waals surface area contributed by atoms with Crippen LogP contribution in [0.15, 0.2) is 47.6 Å². The summed E-state index contributed by atoms with van der Waals surface area (Å²) in [5.74, 6) is 0.160. The van der Waals surface area contributed by atoms with Gasteiger partial charge in [0.25, 0.3) is 5.91 Å². The zero-order valence-corrected chi connectivity index (χ0v) is 15.5. The van der Waals surface area contributed by atoms with Gasteiger partial charge in [0.2, 0.25) is 5.82 Å². The number of carbonyl (C=O) groups is 1. The molecule has 0 bridgehead atoms. The van der Waals surface area contributed by atoms with Gasteiger partial charge in [-0.3, -0.25) is 4.79 Å². The maximum atomic E-state index is 12.0. The third-order valence-electron chi connectivity index (χ3n) is 3.71. The summed E-state index contributed by atoms with van der Waals surface area (Å²) in [4.78, 5) is 13.1. The second-order valence-corrected chi connectivity index (χ2v) is 5.75. The highest BCUT2D eigenvalue weighted by Crippen LogP contribution is 2.26. The molecule has 146 valence electrons. The summed E-state index contributed by atoms with van der Waals surface area (Å²) < 4.78 is 5.29. The third kappa shape index (κ3) is 4.92. The highest BCUT2D eigenvalue weighted by Gasteiger charge is 2.12. The quantitative estimate of drug-likeness (QED) is 0.459. The Morgan fingerprint density at radius 3 is 3.00 bits per heavy atom. The average Bonchev–Trinajstić information content (AvgIpc) is 3.18. The number of phenols is 1. The molecule has 0 aliphatic carbocycles. The lowest BCUT2D eigenvalue weighted by atomic mass is 10.1. The lowest BCUT2D eigenvalue weighted by Gasteiger charge is -2.06. The Morgan fingerprint density at radius 1 is 1.38 bits per heavy atom. The highest BCUT2D eigenvalue weighted by atomic mass is 16.5. The topological polar surface area (TPSA) is 138 Å². The van der Waals surface area contributed by atoms with Gasteiger partial charge in [-0.05, 0) is 48.0 Å². The number of carbonyl (C=O) groups excluding carboxylic acids is 1. The Balaban J connectivity index is 1.61. The summed E-state index contributed by atoms with van der Waals surface area (Å²) in [7, 11) is 0. The number of hydrogen-bond acceptors (Lipinski definition) is 8. The molecule has 0 aliphatic heterocycles. The van der Waals surface area contributed by atoms with Crippen molar-refractivity contribution in [3.05, 3.63) is 53.6 Å². The molecule has 1 aromatic heterocycles. The van der Waals surface area contributed by atoms with Crippen molar-refractivity contribution in [2.75, 3.05) is 6.61 Å². The minimum atomic E-state index is -0.456. The molecule has 2 N–H and O–H groups in total. The first-order valence-corrected chi connectivity index (χ1v) is 8.65. The van der Waals surface area contributed by atoms with Crippen LogP contribution in [0.4, 0.5) is 0 Å². The number of phenolic OH excluding ortho intramolecular Hbond substituents is 1. The molecule has 0 saturated carbocycles. The molecule has 2 aromatic carbocycles. The third-order valence-corrected chi connectivity index (χ3v) is 3.71. The molecule has 0 fully saturated rings. The van der Waals surface area contributed by atoms with E-state index in [9.17, 15) is 9.90 Å². The van der Waals surface area contributed by atoms with Crippen molar-refractivity contribution in [2.24, 2.45) is 5.10 Å². The van der Waals surface area contributed by atoms with E-state index in [-0.39, 0.29) is 18.1 Å². The van der Waals surface area contributed by atoms with Crippen LogP contribution >= 0.6 is 0 Å². The summed E-state index contributed by atoms with van der Waals surface area (Å²) in [6.45, 7) is 2.03. The second-order valence-electron chi connectivity index (χ2n) is 5.75. The van der Waals surface area contributed by atoms with Gasteiger partial charge >= 0.3 is 0 Å². The summed E-state index contributed by atoms with van der Waals surface area (Å²) in [6, 6.07) is 13.6. The number of hydrogen-bond donors (Lipinski definition) is 2. The van der Waals surface area contributed by atoms with E-state index in [0.717, 1.165) is 4.80 Å². The van der Waals surface area contributed by atoms with Crippen molar-refractivity contribution in [1.29, 1.82) is 5.26 Å². The zero-order valence-electron chi connectivity index (χ0n) is 15.5. The average molecular weight is 391 g/mol. The largest absolute Gasteiger partial charge is 0.504 e. The molecule has 3 aromatic rings. The molecular formula is C19H17N7O3. The zero-order chi connectivity index (χ0) is 20.6. The number of rotatable bonds is 7. The van der Waals surface area contributed by atoms with Crippen LogP contribution in [0.5, 0.6) is 11.5 Å². The van der Waals surface area contributed by atoms with Crippen molar-refractivity contribution in [1.82, 2.24) is 25.6 Å². The number of amides is 1. The number of nitrogens with one attached hydrogen (secondary N) is 1. The predicted octanol–water partition coefficient (Wildman–Crippen LogP) is 1.47. The van der Waals surface area contributed by atoms with Crippen LogP contribution in [0, 0.1) is 11.3 Å². The molecular weight excluding hydrogens is 374 g/mol. The van der Waals surface area contributed by atoms with Crippen molar-refractivity contribution in [3.63, 3.8) is 0 Å². The summed E-state index contributed by atoms with van der Waals surface area (Å²) in [6.07, 6.45) is 1.42. The summed E-state index contributed by atoms with van der Waals surface area (Å²) >= 11 is 0. The monoisotopic (exact) mass is 391 g/mol. The smallest absolute Gasteiger partial charge is 0.263 e. The van der Waals surface area contributed by atoms with Crippen LogP contribution in [-0.2, 0) is 11.3 Å². The first-order valence-electron chi connectivity index (χ1n) is 8.65. The van der Waals surface area contributed by atoms with Gasteiger partial charge in [0.1, 0.15) is 6.54 Å². The fourth-order valence-electron chi connectivity index (χ4n) is 2.42. The fourth-order valence-corrected chi connectivity index (χ4v) is 2.42. The van der Waals surface area contributed by atoms with E-state index >= 15 is 0 Å². The van der Waals surface area contributed by atoms with Crippen LogP contribution < -0.4 is 10.2 Å². The molecule has 1 heterocycles. The molecule has 0 saturated heterocycles. The van der Waals surface area contributed by atoms with Gasteiger partial charge in [-0.1, -0.05) is 12.1 Å². The maximum Gasteiger partial charge on any atom is 0.263 e. The van der Waals surface area contributed by atoms with Crippen molar-refractivity contribution >= 4 is 12.1 Å². The first kappa shape index (κ1) is 19.5. The lowest BCUT2D eigenvalue weighted by molar-refractivity contribution is -0.122. The Hall–Kier alpha value is -4.26. The van der Waals surface area contributed by atoms with Crippen LogP contribution in [-0.4, -0.2) is 44.0 Å². The van der Waals surface area contributed by atoms with E-state index in [1.165, 1.54) is 12.3 Å². The van der Waals surface area contributed by atoms with Crippen molar-refractivity contribution < 1.29 is 14.6 Å². The van der Waals surface area contributed by atoms with E-state index < -0.39 is 5.91 Å². The number of nitrogens with zero attached hydrogens (tertiary/aromatic N) is 6.